The summed E-state index contributed by atoms with van der Waals surface area (Å²) in [5, 5.41) is 4.27. The standard InChI is InChI=1S/C24H30N6O2/c1-15(2)11-28-7-5-6-18(13-28)30-21-8-16(3)19(10-20(21)27-24(30)31)17-9-22(32-4)23-25-14-26-29(23)12-17/h8-10,12,14-15,18H,5-7,11,13H2,1-4H3,(H,27,31). The van der Waals surface area contributed by atoms with Crippen molar-refractivity contribution >= 4 is 16.7 Å². The number of hydrogen-bond donors (Lipinski definition) is 1. The Morgan fingerprint density at radius 1 is 1.28 bits per heavy atom. The number of ether oxygens (including phenoxy) is 1. The molecule has 1 fully saturated rings. The highest BCUT2D eigenvalue weighted by molar-refractivity contribution is 5.85. The molecule has 0 amide bonds. The first-order valence-electron chi connectivity index (χ1n) is 11.3. The van der Waals surface area contributed by atoms with E-state index in [2.05, 4.69) is 52.9 Å². The van der Waals surface area contributed by atoms with E-state index >= 15 is 0 Å². The maximum Gasteiger partial charge on any atom is 0.326 e. The Hall–Kier alpha value is -3.13. The predicted molar refractivity (Wildman–Crippen MR) is 125 cm³/mol. The quantitative estimate of drug-likeness (QED) is 0.519. The van der Waals surface area contributed by atoms with Crippen molar-refractivity contribution in [3.63, 3.8) is 0 Å². The molecule has 3 aromatic heterocycles. The Labute approximate surface area is 186 Å². The summed E-state index contributed by atoms with van der Waals surface area (Å²) in [6.45, 7) is 9.69. The van der Waals surface area contributed by atoms with Crippen molar-refractivity contribution in [3.8, 4) is 16.9 Å². The molecule has 0 radical (unpaired) electrons. The second-order valence-corrected chi connectivity index (χ2v) is 9.26. The molecule has 4 heterocycles. The van der Waals surface area contributed by atoms with E-state index in [1.807, 2.05) is 16.8 Å². The zero-order valence-corrected chi connectivity index (χ0v) is 19.1. The van der Waals surface area contributed by atoms with Gasteiger partial charge in [0.15, 0.2) is 11.4 Å². The number of rotatable bonds is 5. The van der Waals surface area contributed by atoms with Gasteiger partial charge in [-0.15, -0.1) is 0 Å². The number of nitrogens with one attached hydrogen (secondary N) is 1. The average molecular weight is 435 g/mol. The topological polar surface area (TPSA) is 80.5 Å². The van der Waals surface area contributed by atoms with Crippen LogP contribution in [-0.2, 0) is 0 Å². The number of likely N-dealkylation sites (tertiary alicyclic amines) is 1. The number of H-pyrrole nitrogens is 1. The number of aromatic amines is 1. The van der Waals surface area contributed by atoms with Crippen LogP contribution in [-0.4, -0.2) is 55.8 Å². The molecule has 0 saturated carbocycles. The zero-order chi connectivity index (χ0) is 22.4. The highest BCUT2D eigenvalue weighted by Gasteiger charge is 2.25. The average Bonchev–Trinajstić information content (AvgIpc) is 3.35. The zero-order valence-electron chi connectivity index (χ0n) is 19.1. The number of aryl methyl sites for hydroxylation is 1. The van der Waals surface area contributed by atoms with Gasteiger partial charge in [0.2, 0.25) is 0 Å². The molecule has 8 nitrogen and oxygen atoms in total. The molecule has 32 heavy (non-hydrogen) atoms. The van der Waals surface area contributed by atoms with Crippen LogP contribution in [0.2, 0.25) is 0 Å². The van der Waals surface area contributed by atoms with Gasteiger partial charge in [-0.3, -0.25) is 4.57 Å². The number of piperidine rings is 1. The fourth-order valence-electron chi connectivity index (χ4n) is 5.07. The SMILES string of the molecule is COc1cc(-c2cc3[nH]c(=O)n(C4CCCN(CC(C)C)C4)c3cc2C)cn2ncnc12. The second-order valence-electron chi connectivity index (χ2n) is 9.26. The molecule has 4 aromatic rings. The molecule has 168 valence electrons. The van der Waals surface area contributed by atoms with Gasteiger partial charge in [-0.05, 0) is 61.6 Å². The van der Waals surface area contributed by atoms with Crippen LogP contribution in [0.1, 0.15) is 38.3 Å². The van der Waals surface area contributed by atoms with Crippen molar-refractivity contribution in [2.45, 2.75) is 39.7 Å². The molecule has 0 aliphatic carbocycles. The Morgan fingerprint density at radius 3 is 2.91 bits per heavy atom. The molecule has 0 bridgehead atoms. The number of fused-ring (bicyclic) bond motifs is 2. The van der Waals surface area contributed by atoms with Gasteiger partial charge in [0.1, 0.15) is 6.33 Å². The van der Waals surface area contributed by atoms with Crippen LogP contribution in [0.25, 0.3) is 27.8 Å². The second kappa shape index (κ2) is 8.09. The molecule has 5 rings (SSSR count). The third-order valence-corrected chi connectivity index (χ3v) is 6.40. The van der Waals surface area contributed by atoms with Crippen molar-refractivity contribution in [1.82, 2.24) is 29.0 Å². The highest BCUT2D eigenvalue weighted by Crippen LogP contribution is 2.32. The Morgan fingerprint density at radius 2 is 2.12 bits per heavy atom. The molecular weight excluding hydrogens is 404 g/mol. The first-order chi connectivity index (χ1) is 15.4. The van der Waals surface area contributed by atoms with Gasteiger partial charge >= 0.3 is 5.69 Å². The van der Waals surface area contributed by atoms with E-state index in [4.69, 9.17) is 4.74 Å². The number of nitrogens with zero attached hydrogens (tertiary/aromatic N) is 5. The number of methoxy groups -OCH3 is 1. The third kappa shape index (κ3) is 3.58. The lowest BCUT2D eigenvalue weighted by Gasteiger charge is -2.34. The molecule has 1 aromatic carbocycles. The molecule has 1 N–H and O–H groups in total. The predicted octanol–water partition coefficient (Wildman–Crippen LogP) is 3.65. The molecule has 1 aliphatic heterocycles. The van der Waals surface area contributed by atoms with Crippen molar-refractivity contribution in [1.29, 1.82) is 0 Å². The summed E-state index contributed by atoms with van der Waals surface area (Å²) < 4.78 is 9.22. The Balaban J connectivity index is 1.57. The van der Waals surface area contributed by atoms with E-state index in [1.54, 1.807) is 11.6 Å². The maximum atomic E-state index is 13.0. The van der Waals surface area contributed by atoms with Crippen molar-refractivity contribution in [3.05, 3.63) is 46.8 Å². The largest absolute Gasteiger partial charge is 0.493 e. The number of imidazole rings is 1. The van der Waals surface area contributed by atoms with E-state index in [0.717, 1.165) is 60.2 Å². The van der Waals surface area contributed by atoms with E-state index in [0.29, 0.717) is 17.3 Å². The Kier molecular flexibility index (Phi) is 5.25. The van der Waals surface area contributed by atoms with Crippen molar-refractivity contribution in [2.24, 2.45) is 5.92 Å². The van der Waals surface area contributed by atoms with Crippen LogP contribution < -0.4 is 10.4 Å². The minimum absolute atomic E-state index is 0.0303. The minimum atomic E-state index is -0.0303. The van der Waals surface area contributed by atoms with Crippen LogP contribution in [0, 0.1) is 12.8 Å². The third-order valence-electron chi connectivity index (χ3n) is 6.40. The van der Waals surface area contributed by atoms with Gasteiger partial charge < -0.3 is 14.6 Å². The lowest BCUT2D eigenvalue weighted by atomic mass is 10.00. The molecule has 0 spiro atoms. The summed E-state index contributed by atoms with van der Waals surface area (Å²) in [4.78, 5) is 22.9. The number of aromatic nitrogens is 5. The first kappa shape index (κ1) is 20.8. The van der Waals surface area contributed by atoms with E-state index in [9.17, 15) is 4.79 Å². The van der Waals surface area contributed by atoms with Gasteiger partial charge in [0.25, 0.3) is 0 Å². The van der Waals surface area contributed by atoms with Gasteiger partial charge in [0.05, 0.1) is 24.2 Å². The normalized spacial score (nSPS) is 17.6. The summed E-state index contributed by atoms with van der Waals surface area (Å²) in [7, 11) is 1.63. The molecule has 1 unspecified atom stereocenters. The number of pyridine rings is 1. The summed E-state index contributed by atoms with van der Waals surface area (Å²) in [6, 6.07) is 6.36. The monoisotopic (exact) mass is 434 g/mol. The molecular formula is C24H30N6O2. The first-order valence-corrected chi connectivity index (χ1v) is 11.3. The van der Waals surface area contributed by atoms with Crippen LogP contribution >= 0.6 is 0 Å². The van der Waals surface area contributed by atoms with Crippen LogP contribution in [0.15, 0.2) is 35.5 Å². The van der Waals surface area contributed by atoms with Crippen molar-refractivity contribution < 1.29 is 4.74 Å². The molecule has 1 atom stereocenters. The fraction of sp³-hybridized carbons (Fsp3) is 0.458. The van der Waals surface area contributed by atoms with Gasteiger partial charge in [0, 0.05) is 24.8 Å². The molecule has 1 aliphatic rings. The van der Waals surface area contributed by atoms with E-state index in [1.165, 1.54) is 6.33 Å². The van der Waals surface area contributed by atoms with Crippen molar-refractivity contribution in [2.75, 3.05) is 26.7 Å². The van der Waals surface area contributed by atoms with E-state index in [-0.39, 0.29) is 11.7 Å². The summed E-state index contributed by atoms with van der Waals surface area (Å²) in [5.74, 6) is 1.29. The van der Waals surface area contributed by atoms with Gasteiger partial charge in [-0.1, -0.05) is 13.8 Å². The summed E-state index contributed by atoms with van der Waals surface area (Å²) in [6.07, 6.45) is 5.61. The minimum Gasteiger partial charge on any atom is -0.493 e. The van der Waals surface area contributed by atoms with Crippen LogP contribution in [0.5, 0.6) is 5.75 Å². The Bertz CT molecular complexity index is 1330. The molecule has 1 saturated heterocycles. The maximum absolute atomic E-state index is 13.0. The highest BCUT2D eigenvalue weighted by atomic mass is 16.5. The smallest absolute Gasteiger partial charge is 0.326 e. The molecule has 8 heteroatoms. The fourth-order valence-corrected chi connectivity index (χ4v) is 5.07. The van der Waals surface area contributed by atoms with Crippen LogP contribution in [0.3, 0.4) is 0 Å². The van der Waals surface area contributed by atoms with Gasteiger partial charge in [-0.25, -0.2) is 14.3 Å². The summed E-state index contributed by atoms with van der Waals surface area (Å²) >= 11 is 0. The van der Waals surface area contributed by atoms with Crippen LogP contribution in [0.4, 0.5) is 0 Å². The lowest BCUT2D eigenvalue weighted by Crippen LogP contribution is -2.40. The van der Waals surface area contributed by atoms with E-state index < -0.39 is 0 Å². The van der Waals surface area contributed by atoms with Gasteiger partial charge in [-0.2, -0.15) is 5.10 Å². The summed E-state index contributed by atoms with van der Waals surface area (Å²) in [5.41, 5.74) is 5.58. The number of hydrogen-bond acceptors (Lipinski definition) is 5. The lowest BCUT2D eigenvalue weighted by molar-refractivity contribution is 0.161. The number of benzene rings is 1.